The monoisotopic (exact) mass is 765 g/mol. The number of hydrogen-bond donors (Lipinski definition) is 1. The summed E-state index contributed by atoms with van der Waals surface area (Å²) < 4.78 is 77.1. The Bertz CT molecular complexity index is 1850. The predicted octanol–water partition coefficient (Wildman–Crippen LogP) is 5.46. The van der Waals surface area contributed by atoms with Gasteiger partial charge in [0, 0.05) is 49.5 Å². The van der Waals surface area contributed by atoms with E-state index in [1.807, 2.05) is 30.3 Å². The maximum absolute atomic E-state index is 15.9. The van der Waals surface area contributed by atoms with Gasteiger partial charge >= 0.3 is 11.9 Å². The SMILES string of the molecule is CCOC(=O)C1=C(CN2CC(F)(F)[C@@H]3[C@H]2CON3CCC(C)(OC)C(=O)OCc2ccccc2)NC(c2nccs2)=N[C@H]1c1ccc(F)c(F)c1Cl. The van der Waals surface area contributed by atoms with Crippen molar-refractivity contribution < 1.29 is 46.2 Å². The molecule has 4 heterocycles. The van der Waals surface area contributed by atoms with Crippen molar-refractivity contribution >= 4 is 40.7 Å². The number of hydrogen-bond acceptors (Lipinski definition) is 12. The van der Waals surface area contributed by atoms with E-state index in [2.05, 4.69) is 15.3 Å². The van der Waals surface area contributed by atoms with Gasteiger partial charge < -0.3 is 19.5 Å². The van der Waals surface area contributed by atoms with Crippen LogP contribution >= 0.6 is 22.9 Å². The summed E-state index contributed by atoms with van der Waals surface area (Å²) in [7, 11) is 1.35. The van der Waals surface area contributed by atoms with Crippen LogP contribution in [0.15, 0.2) is 70.3 Å². The molecule has 52 heavy (non-hydrogen) atoms. The van der Waals surface area contributed by atoms with Crippen LogP contribution in [0.25, 0.3) is 0 Å². The number of esters is 2. The topological polar surface area (TPSA) is 115 Å². The molecule has 2 aromatic carbocycles. The van der Waals surface area contributed by atoms with Crippen LogP contribution in [-0.2, 0) is 35.2 Å². The first kappa shape index (κ1) is 37.8. The minimum absolute atomic E-state index is 0.0134. The smallest absolute Gasteiger partial charge is 0.338 e. The van der Waals surface area contributed by atoms with E-state index >= 15 is 8.78 Å². The quantitative estimate of drug-likeness (QED) is 0.137. The van der Waals surface area contributed by atoms with E-state index in [4.69, 9.17) is 30.6 Å². The standard InChI is InChI=1S/C35H36ClF4N5O6S/c1-4-49-32(46)25-23(42-30(31-41-13-15-52-31)43-28(25)21-10-11-22(37)27(38)26(21)36)16-44-19-35(39,40)29-24(44)18-51-45(29)14-12-34(2,48-3)33(47)50-17-20-8-6-5-7-9-20/h5-11,13,15,24,28-29H,4,12,14,16-19H2,1-3H3,(H,42,43)/t24-,28+,29+,34?/m1/s1. The third-order valence-corrected chi connectivity index (χ3v) is 10.4. The lowest BCUT2D eigenvalue weighted by Gasteiger charge is -2.31. The molecule has 0 amide bonds. The van der Waals surface area contributed by atoms with E-state index in [9.17, 15) is 18.4 Å². The fraction of sp³-hybridized carbons (Fsp3) is 0.429. The van der Waals surface area contributed by atoms with Gasteiger partial charge in [0.25, 0.3) is 5.92 Å². The van der Waals surface area contributed by atoms with E-state index in [0.717, 1.165) is 11.6 Å². The number of fused-ring (bicyclic) bond motifs is 1. The number of rotatable bonds is 13. The molecule has 0 bridgehead atoms. The zero-order valence-corrected chi connectivity index (χ0v) is 30.0. The number of alkyl halides is 2. The largest absolute Gasteiger partial charge is 0.463 e. The minimum Gasteiger partial charge on any atom is -0.463 e. The van der Waals surface area contributed by atoms with Crippen LogP contribution in [0.4, 0.5) is 17.6 Å². The Kier molecular flexibility index (Phi) is 11.3. The lowest BCUT2D eigenvalue weighted by molar-refractivity contribution is -0.194. The van der Waals surface area contributed by atoms with Crippen molar-refractivity contribution in [3.63, 3.8) is 0 Å². The van der Waals surface area contributed by atoms with Crippen molar-refractivity contribution in [2.75, 3.05) is 40.0 Å². The number of carbonyl (C=O) groups excluding carboxylic acids is 2. The summed E-state index contributed by atoms with van der Waals surface area (Å²) in [6.45, 7) is 1.97. The summed E-state index contributed by atoms with van der Waals surface area (Å²) in [5.74, 6) is -7.12. The highest BCUT2D eigenvalue weighted by Crippen LogP contribution is 2.43. The Balaban J connectivity index is 1.25. The molecular weight excluding hydrogens is 730 g/mol. The fourth-order valence-electron chi connectivity index (χ4n) is 6.48. The Hall–Kier alpha value is -3.93. The number of nitrogens with zero attached hydrogens (tertiary/aromatic N) is 4. The highest BCUT2D eigenvalue weighted by atomic mass is 35.5. The lowest BCUT2D eigenvalue weighted by atomic mass is 9.95. The highest BCUT2D eigenvalue weighted by Gasteiger charge is 2.61. The first-order valence-electron chi connectivity index (χ1n) is 16.4. The summed E-state index contributed by atoms with van der Waals surface area (Å²) in [6.07, 6.45) is 1.52. The van der Waals surface area contributed by atoms with Crippen LogP contribution in [0.2, 0.25) is 5.02 Å². The summed E-state index contributed by atoms with van der Waals surface area (Å²) in [5, 5.41) is 5.76. The van der Waals surface area contributed by atoms with Gasteiger partial charge in [0.05, 0.1) is 36.4 Å². The first-order chi connectivity index (χ1) is 24.9. The van der Waals surface area contributed by atoms with Crippen molar-refractivity contribution in [1.82, 2.24) is 20.3 Å². The van der Waals surface area contributed by atoms with Gasteiger partial charge in [-0.1, -0.05) is 48.0 Å². The number of aromatic nitrogens is 1. The summed E-state index contributed by atoms with van der Waals surface area (Å²) >= 11 is 7.49. The van der Waals surface area contributed by atoms with E-state index in [1.165, 1.54) is 47.6 Å². The van der Waals surface area contributed by atoms with Gasteiger partial charge in [0.1, 0.15) is 18.7 Å². The van der Waals surface area contributed by atoms with Crippen molar-refractivity contribution in [2.24, 2.45) is 4.99 Å². The third-order valence-electron chi connectivity index (χ3n) is 9.28. The number of carbonyl (C=O) groups is 2. The van der Waals surface area contributed by atoms with Crippen LogP contribution < -0.4 is 5.32 Å². The normalized spacial score (nSPS) is 22.8. The van der Waals surface area contributed by atoms with Crippen LogP contribution in [0, 0.1) is 11.6 Å². The van der Waals surface area contributed by atoms with Crippen LogP contribution in [0.1, 0.15) is 42.4 Å². The molecule has 1 unspecified atom stereocenters. The minimum atomic E-state index is -3.28. The first-order valence-corrected chi connectivity index (χ1v) is 17.7. The molecule has 11 nitrogen and oxygen atoms in total. The highest BCUT2D eigenvalue weighted by molar-refractivity contribution is 7.11. The maximum atomic E-state index is 15.9. The molecule has 0 aliphatic carbocycles. The number of aliphatic imine (C=N–C) groups is 1. The molecule has 4 atom stereocenters. The van der Waals surface area contributed by atoms with Crippen LogP contribution in [0.5, 0.6) is 0 Å². The molecule has 2 saturated heterocycles. The Morgan fingerprint density at radius 1 is 1.17 bits per heavy atom. The number of methoxy groups -OCH3 is 1. The van der Waals surface area contributed by atoms with E-state index in [-0.39, 0.29) is 62.0 Å². The van der Waals surface area contributed by atoms with E-state index in [1.54, 1.807) is 12.3 Å². The number of thiazole rings is 1. The van der Waals surface area contributed by atoms with Gasteiger partial charge in [-0.2, -0.15) is 5.06 Å². The van der Waals surface area contributed by atoms with E-state index in [0.29, 0.717) is 5.01 Å². The second-order valence-electron chi connectivity index (χ2n) is 12.6. The number of likely N-dealkylation sites (tertiary alicyclic amines) is 1. The Labute approximate surface area is 306 Å². The maximum Gasteiger partial charge on any atom is 0.338 e. The molecule has 6 rings (SSSR count). The van der Waals surface area contributed by atoms with Gasteiger partial charge in [-0.25, -0.2) is 32.1 Å². The van der Waals surface area contributed by atoms with Crippen molar-refractivity contribution in [1.29, 1.82) is 0 Å². The number of hydroxylamine groups is 2. The van der Waals surface area contributed by atoms with Gasteiger partial charge in [0.15, 0.2) is 28.1 Å². The molecule has 1 aromatic heterocycles. The molecule has 3 aliphatic heterocycles. The van der Waals surface area contributed by atoms with Gasteiger partial charge in [-0.3, -0.25) is 14.7 Å². The van der Waals surface area contributed by atoms with Crippen molar-refractivity contribution in [2.45, 2.75) is 56.5 Å². The third kappa shape index (κ3) is 7.59. The van der Waals surface area contributed by atoms with Gasteiger partial charge in [0.2, 0.25) is 0 Å². The van der Waals surface area contributed by atoms with Crippen LogP contribution in [-0.4, -0.2) is 96.3 Å². The van der Waals surface area contributed by atoms with Gasteiger partial charge in [-0.15, -0.1) is 11.3 Å². The average molecular weight is 766 g/mol. The predicted molar refractivity (Wildman–Crippen MR) is 183 cm³/mol. The molecule has 2 fully saturated rings. The second-order valence-corrected chi connectivity index (χ2v) is 13.9. The molecule has 0 saturated carbocycles. The lowest BCUT2D eigenvalue weighted by Crippen LogP contribution is -2.48. The second kappa shape index (κ2) is 15.6. The van der Waals surface area contributed by atoms with Gasteiger partial charge in [-0.05, 0) is 25.5 Å². The van der Waals surface area contributed by atoms with Crippen molar-refractivity contribution in [3.8, 4) is 0 Å². The molecule has 3 aromatic rings. The zero-order chi connectivity index (χ0) is 37.2. The van der Waals surface area contributed by atoms with Crippen LogP contribution in [0.3, 0.4) is 0 Å². The summed E-state index contributed by atoms with van der Waals surface area (Å²) in [5.41, 5.74) is -0.657. The van der Waals surface area contributed by atoms with E-state index < -0.39 is 64.8 Å². The Morgan fingerprint density at radius 2 is 1.94 bits per heavy atom. The Morgan fingerprint density at radius 3 is 2.63 bits per heavy atom. The molecule has 3 aliphatic rings. The number of amidine groups is 1. The molecule has 0 radical (unpaired) electrons. The number of halogens is 5. The number of benzene rings is 2. The molecule has 0 spiro atoms. The number of ether oxygens (including phenoxy) is 3. The molecule has 278 valence electrons. The van der Waals surface area contributed by atoms with Crippen molar-refractivity contribution in [3.05, 3.63) is 98.1 Å². The summed E-state index contributed by atoms with van der Waals surface area (Å²) in [4.78, 5) is 42.8. The number of nitrogens with one attached hydrogen (secondary N) is 1. The molecule has 1 N–H and O–H groups in total. The molecular formula is C35H36ClF4N5O6S. The molecule has 17 heteroatoms. The average Bonchev–Trinajstić information content (AvgIpc) is 3.88. The zero-order valence-electron chi connectivity index (χ0n) is 28.4. The fourth-order valence-corrected chi connectivity index (χ4v) is 7.32. The summed E-state index contributed by atoms with van der Waals surface area (Å²) in [6, 6.07) is 7.62.